The van der Waals surface area contributed by atoms with E-state index < -0.39 is 0 Å². The standard InChI is InChI=1S/C28H33N7O2/c1-18-21(28(37)33-13-11-30-12-14-33)6-4-7-24(18)35-19-9-10-20(35)17-34(16-19)25-15-23(31-32-27(25)29)22-5-2-3-8-26(22)36/h2-8,15,19-20,30,36H,9-14,16-17H2,1H3,(H2,29,32). The van der Waals surface area contributed by atoms with Crippen LogP contribution in [0.3, 0.4) is 0 Å². The zero-order valence-corrected chi connectivity index (χ0v) is 21.1. The SMILES string of the molecule is Cc1c(C(=O)N2CCNCC2)cccc1N1C2CCC1CN(c1cc(-c3ccccc3O)nnc1N)C2. The molecule has 3 fully saturated rings. The first kappa shape index (κ1) is 23.5. The molecule has 2 bridgehead atoms. The first-order valence-electron chi connectivity index (χ1n) is 13.1. The van der Waals surface area contributed by atoms with Crippen molar-refractivity contribution in [1.29, 1.82) is 0 Å². The van der Waals surface area contributed by atoms with Crippen molar-refractivity contribution in [1.82, 2.24) is 20.4 Å². The maximum absolute atomic E-state index is 13.3. The third-order valence-corrected chi connectivity index (χ3v) is 8.02. The molecule has 3 aromatic rings. The summed E-state index contributed by atoms with van der Waals surface area (Å²) in [7, 11) is 0. The number of nitrogens with two attached hydrogens (primary N) is 1. The maximum Gasteiger partial charge on any atom is 0.254 e. The predicted octanol–water partition coefficient (Wildman–Crippen LogP) is 2.64. The zero-order valence-electron chi connectivity index (χ0n) is 21.1. The Hall–Kier alpha value is -3.85. The first-order chi connectivity index (χ1) is 18.0. The highest BCUT2D eigenvalue weighted by Crippen LogP contribution is 2.40. The molecule has 2 unspecified atom stereocenters. The van der Waals surface area contributed by atoms with Crippen LogP contribution in [-0.2, 0) is 0 Å². The number of amides is 1. The summed E-state index contributed by atoms with van der Waals surface area (Å²) in [4.78, 5) is 20.1. The number of phenols is 1. The van der Waals surface area contributed by atoms with Crippen LogP contribution < -0.4 is 20.9 Å². The highest BCUT2D eigenvalue weighted by Gasteiger charge is 2.41. The van der Waals surface area contributed by atoms with Gasteiger partial charge >= 0.3 is 0 Å². The van der Waals surface area contributed by atoms with Crippen molar-refractivity contribution in [2.45, 2.75) is 31.8 Å². The van der Waals surface area contributed by atoms with Gasteiger partial charge in [-0.25, -0.2) is 0 Å². The monoisotopic (exact) mass is 499 g/mol. The van der Waals surface area contributed by atoms with Gasteiger partial charge in [0.2, 0.25) is 0 Å². The second kappa shape index (κ2) is 9.55. The molecule has 9 heteroatoms. The number of carbonyl (C=O) groups is 1. The summed E-state index contributed by atoms with van der Waals surface area (Å²) in [5.41, 5.74) is 11.4. The Morgan fingerprint density at radius 2 is 1.73 bits per heavy atom. The third kappa shape index (κ3) is 4.23. The number of phenolic OH excluding ortho intramolecular Hbond substituents is 1. The molecule has 4 N–H and O–H groups in total. The van der Waals surface area contributed by atoms with Crippen molar-refractivity contribution in [2.75, 3.05) is 54.8 Å². The number of hydrogen-bond donors (Lipinski definition) is 3. The second-order valence-electron chi connectivity index (χ2n) is 10.2. The van der Waals surface area contributed by atoms with E-state index in [1.165, 1.54) is 0 Å². The van der Waals surface area contributed by atoms with Crippen LogP contribution in [0.4, 0.5) is 17.2 Å². The van der Waals surface area contributed by atoms with E-state index in [-0.39, 0.29) is 11.7 Å². The smallest absolute Gasteiger partial charge is 0.254 e. The highest BCUT2D eigenvalue weighted by atomic mass is 16.3. The van der Waals surface area contributed by atoms with E-state index in [0.717, 1.165) is 74.6 Å². The lowest BCUT2D eigenvalue weighted by molar-refractivity contribution is 0.0735. The fraction of sp³-hybridized carbons (Fsp3) is 0.393. The molecule has 192 valence electrons. The molecule has 2 aromatic carbocycles. The molecular formula is C28H33N7O2. The lowest BCUT2D eigenvalue weighted by atomic mass is 10.0. The van der Waals surface area contributed by atoms with E-state index in [9.17, 15) is 9.90 Å². The molecule has 0 saturated carbocycles. The van der Waals surface area contributed by atoms with E-state index in [0.29, 0.717) is 29.2 Å². The van der Waals surface area contributed by atoms with Gasteiger partial charge in [0.25, 0.3) is 5.91 Å². The number of para-hydroxylation sites is 1. The number of anilines is 3. The lowest BCUT2D eigenvalue weighted by Gasteiger charge is -2.44. The Morgan fingerprint density at radius 1 is 1.00 bits per heavy atom. The van der Waals surface area contributed by atoms with Crippen LogP contribution in [0.25, 0.3) is 11.3 Å². The topological polar surface area (TPSA) is 111 Å². The highest BCUT2D eigenvalue weighted by molar-refractivity contribution is 5.97. The number of carbonyl (C=O) groups excluding carboxylic acids is 1. The van der Waals surface area contributed by atoms with Crippen molar-refractivity contribution in [3.63, 3.8) is 0 Å². The van der Waals surface area contributed by atoms with Gasteiger partial charge < -0.3 is 30.9 Å². The average Bonchev–Trinajstić information content (AvgIpc) is 3.18. The molecule has 0 spiro atoms. The van der Waals surface area contributed by atoms with Gasteiger partial charge in [0.15, 0.2) is 5.82 Å². The van der Waals surface area contributed by atoms with Gasteiger partial charge in [-0.1, -0.05) is 18.2 Å². The number of aromatic nitrogens is 2. The number of fused-ring (bicyclic) bond motifs is 2. The first-order valence-corrected chi connectivity index (χ1v) is 13.1. The summed E-state index contributed by atoms with van der Waals surface area (Å²) in [6.45, 7) is 6.88. The molecular weight excluding hydrogens is 466 g/mol. The Labute approximate surface area is 216 Å². The van der Waals surface area contributed by atoms with Crippen molar-refractivity contribution in [3.8, 4) is 17.0 Å². The molecule has 0 radical (unpaired) electrons. The molecule has 0 aliphatic carbocycles. The molecule has 4 heterocycles. The number of hydrogen-bond acceptors (Lipinski definition) is 8. The normalized spacial score (nSPS) is 21.4. The molecule has 9 nitrogen and oxygen atoms in total. The number of benzene rings is 2. The van der Waals surface area contributed by atoms with Gasteiger partial charge in [-0.15, -0.1) is 10.2 Å². The van der Waals surface area contributed by atoms with E-state index >= 15 is 0 Å². The number of piperazine rings is 2. The summed E-state index contributed by atoms with van der Waals surface area (Å²) in [5.74, 6) is 0.689. The Kier molecular flexibility index (Phi) is 6.08. The van der Waals surface area contributed by atoms with Crippen LogP contribution in [0.15, 0.2) is 48.5 Å². The Balaban J connectivity index is 1.26. The van der Waals surface area contributed by atoms with Crippen LogP contribution in [0.2, 0.25) is 0 Å². The zero-order chi connectivity index (χ0) is 25.5. The number of rotatable bonds is 4. The molecule has 37 heavy (non-hydrogen) atoms. The van der Waals surface area contributed by atoms with Gasteiger partial charge in [-0.3, -0.25) is 4.79 Å². The number of nitrogen functional groups attached to an aromatic ring is 1. The number of nitrogens with zero attached hydrogens (tertiary/aromatic N) is 5. The molecule has 6 rings (SSSR count). The summed E-state index contributed by atoms with van der Waals surface area (Å²) in [5, 5.41) is 22.1. The fourth-order valence-corrected chi connectivity index (χ4v) is 6.13. The maximum atomic E-state index is 13.3. The molecule has 3 aliphatic heterocycles. The Bertz CT molecular complexity index is 1310. The third-order valence-electron chi connectivity index (χ3n) is 8.02. The van der Waals surface area contributed by atoms with Gasteiger partial charge in [-0.05, 0) is 55.7 Å². The summed E-state index contributed by atoms with van der Waals surface area (Å²) in [6, 6.07) is 15.8. The lowest BCUT2D eigenvalue weighted by Crippen LogP contribution is -2.54. The average molecular weight is 500 g/mol. The molecule has 2 atom stereocenters. The van der Waals surface area contributed by atoms with Crippen LogP contribution in [0.1, 0.15) is 28.8 Å². The van der Waals surface area contributed by atoms with Crippen molar-refractivity contribution >= 4 is 23.1 Å². The minimum atomic E-state index is 0.124. The van der Waals surface area contributed by atoms with Gasteiger partial charge in [0.05, 0.1) is 11.4 Å². The van der Waals surface area contributed by atoms with Crippen LogP contribution in [-0.4, -0.2) is 77.5 Å². The van der Waals surface area contributed by atoms with E-state index in [2.05, 4.69) is 38.3 Å². The molecule has 3 aliphatic rings. The summed E-state index contributed by atoms with van der Waals surface area (Å²) < 4.78 is 0. The van der Waals surface area contributed by atoms with E-state index in [1.54, 1.807) is 12.1 Å². The van der Waals surface area contributed by atoms with Crippen molar-refractivity contribution in [2.24, 2.45) is 0 Å². The van der Waals surface area contributed by atoms with E-state index in [4.69, 9.17) is 5.73 Å². The van der Waals surface area contributed by atoms with Crippen molar-refractivity contribution < 1.29 is 9.90 Å². The summed E-state index contributed by atoms with van der Waals surface area (Å²) >= 11 is 0. The van der Waals surface area contributed by atoms with E-state index in [1.807, 2.05) is 35.2 Å². The van der Waals surface area contributed by atoms with Crippen LogP contribution in [0, 0.1) is 6.92 Å². The fourth-order valence-electron chi connectivity index (χ4n) is 6.13. The number of nitrogens with one attached hydrogen (secondary N) is 1. The molecule has 3 saturated heterocycles. The van der Waals surface area contributed by atoms with Crippen LogP contribution >= 0.6 is 0 Å². The van der Waals surface area contributed by atoms with Gasteiger partial charge in [-0.2, -0.15) is 0 Å². The van der Waals surface area contributed by atoms with Gasteiger partial charge in [0.1, 0.15) is 5.75 Å². The summed E-state index contributed by atoms with van der Waals surface area (Å²) in [6.07, 6.45) is 2.17. The minimum Gasteiger partial charge on any atom is -0.507 e. The minimum absolute atomic E-state index is 0.124. The second-order valence-corrected chi connectivity index (χ2v) is 10.2. The van der Waals surface area contributed by atoms with Crippen LogP contribution in [0.5, 0.6) is 5.75 Å². The predicted molar refractivity (Wildman–Crippen MR) is 145 cm³/mol. The quantitative estimate of drug-likeness (QED) is 0.503. The van der Waals surface area contributed by atoms with Crippen molar-refractivity contribution in [3.05, 3.63) is 59.7 Å². The van der Waals surface area contributed by atoms with Gasteiger partial charge in [0, 0.05) is 68.2 Å². The number of aromatic hydroxyl groups is 1. The molecule has 1 aromatic heterocycles. The largest absolute Gasteiger partial charge is 0.507 e. The Morgan fingerprint density at radius 3 is 2.46 bits per heavy atom. The molecule has 1 amide bonds.